The number of rotatable bonds is 3. The van der Waals surface area contributed by atoms with Gasteiger partial charge in [-0.25, -0.2) is 9.78 Å². The molecule has 0 spiro atoms. The molecule has 1 aliphatic heterocycles. The molecule has 8 nitrogen and oxygen atoms in total. The second kappa shape index (κ2) is 6.31. The average Bonchev–Trinajstić information content (AvgIpc) is 2.47. The predicted octanol–water partition coefficient (Wildman–Crippen LogP) is -0.628. The van der Waals surface area contributed by atoms with Crippen molar-refractivity contribution in [1.82, 2.24) is 9.88 Å². The molecule has 0 unspecified atom stereocenters. The van der Waals surface area contributed by atoms with E-state index < -0.39 is 6.09 Å². The molecule has 2 amide bonds. The first-order chi connectivity index (χ1) is 9.60. The van der Waals surface area contributed by atoms with Crippen molar-refractivity contribution in [2.24, 2.45) is 5.73 Å². The zero-order valence-electron chi connectivity index (χ0n) is 10.7. The molecular weight excluding hydrogens is 266 g/mol. The standard InChI is InChI=1S/C12H15N3O5/c13-12(18)20-8-1-2-10(14-5-8)11(17)15-3-4-19-9(6-15)7-16/h1-2,5,9,16H,3-4,6-7H2,(H2,13,18)/t9-/m0/s1. The van der Waals surface area contributed by atoms with Crippen LogP contribution in [0.5, 0.6) is 5.75 Å². The Bertz CT molecular complexity index is 490. The lowest BCUT2D eigenvalue weighted by atomic mass is 10.2. The van der Waals surface area contributed by atoms with Gasteiger partial charge in [-0.3, -0.25) is 4.79 Å². The molecule has 2 heterocycles. The second-order valence-corrected chi connectivity index (χ2v) is 4.23. The van der Waals surface area contributed by atoms with E-state index in [-0.39, 0.29) is 30.1 Å². The molecule has 3 N–H and O–H groups in total. The number of aromatic nitrogens is 1. The van der Waals surface area contributed by atoms with Crippen LogP contribution in [0.25, 0.3) is 0 Å². The van der Waals surface area contributed by atoms with Crippen LogP contribution in [-0.4, -0.2) is 59.4 Å². The number of morpholine rings is 1. The minimum atomic E-state index is -0.940. The lowest BCUT2D eigenvalue weighted by Gasteiger charge is -2.31. The van der Waals surface area contributed by atoms with E-state index in [4.69, 9.17) is 15.6 Å². The highest BCUT2D eigenvalue weighted by molar-refractivity contribution is 5.92. The van der Waals surface area contributed by atoms with Gasteiger partial charge in [0, 0.05) is 13.1 Å². The molecule has 20 heavy (non-hydrogen) atoms. The summed E-state index contributed by atoms with van der Waals surface area (Å²) >= 11 is 0. The van der Waals surface area contributed by atoms with Gasteiger partial charge in [0.05, 0.1) is 25.5 Å². The zero-order chi connectivity index (χ0) is 14.5. The normalized spacial score (nSPS) is 18.6. The van der Waals surface area contributed by atoms with Gasteiger partial charge in [0.25, 0.3) is 5.91 Å². The number of carbonyl (C=O) groups excluding carboxylic acids is 2. The summed E-state index contributed by atoms with van der Waals surface area (Å²) in [5.41, 5.74) is 5.09. The Hall–Kier alpha value is -2.19. The third-order valence-corrected chi connectivity index (χ3v) is 2.80. The monoisotopic (exact) mass is 281 g/mol. The maximum atomic E-state index is 12.2. The lowest BCUT2D eigenvalue weighted by molar-refractivity contribution is -0.0448. The van der Waals surface area contributed by atoms with Crippen molar-refractivity contribution >= 4 is 12.0 Å². The fourth-order valence-corrected chi connectivity index (χ4v) is 1.86. The number of amides is 2. The first-order valence-electron chi connectivity index (χ1n) is 6.05. The van der Waals surface area contributed by atoms with Crippen molar-refractivity contribution < 1.29 is 24.2 Å². The molecule has 1 saturated heterocycles. The highest BCUT2D eigenvalue weighted by Gasteiger charge is 2.25. The van der Waals surface area contributed by atoms with E-state index in [0.717, 1.165) is 0 Å². The van der Waals surface area contributed by atoms with Gasteiger partial charge >= 0.3 is 6.09 Å². The van der Waals surface area contributed by atoms with E-state index in [1.807, 2.05) is 0 Å². The van der Waals surface area contributed by atoms with Gasteiger partial charge in [0.2, 0.25) is 0 Å². The molecule has 0 aromatic carbocycles. The number of carbonyl (C=O) groups is 2. The average molecular weight is 281 g/mol. The second-order valence-electron chi connectivity index (χ2n) is 4.23. The largest absolute Gasteiger partial charge is 0.410 e. The molecule has 8 heteroatoms. The van der Waals surface area contributed by atoms with Gasteiger partial charge in [0.15, 0.2) is 5.75 Å². The maximum Gasteiger partial charge on any atom is 0.410 e. The molecular formula is C12H15N3O5. The van der Waals surface area contributed by atoms with E-state index in [2.05, 4.69) is 9.72 Å². The highest BCUT2D eigenvalue weighted by Crippen LogP contribution is 2.13. The van der Waals surface area contributed by atoms with Crippen LogP contribution in [0.3, 0.4) is 0 Å². The topological polar surface area (TPSA) is 115 Å². The van der Waals surface area contributed by atoms with E-state index in [0.29, 0.717) is 19.7 Å². The first-order valence-corrected chi connectivity index (χ1v) is 6.05. The predicted molar refractivity (Wildman–Crippen MR) is 67.2 cm³/mol. The number of nitrogens with two attached hydrogens (primary N) is 1. The van der Waals surface area contributed by atoms with Gasteiger partial charge in [-0.15, -0.1) is 0 Å². The van der Waals surface area contributed by atoms with E-state index in [9.17, 15) is 9.59 Å². The number of primary amides is 1. The third kappa shape index (κ3) is 3.43. The van der Waals surface area contributed by atoms with Crippen LogP contribution >= 0.6 is 0 Å². The number of pyridine rings is 1. The Labute approximate surface area is 115 Å². The summed E-state index contributed by atoms with van der Waals surface area (Å²) in [5, 5.41) is 9.04. The number of nitrogens with zero attached hydrogens (tertiary/aromatic N) is 2. The Morgan fingerprint density at radius 2 is 2.35 bits per heavy atom. The zero-order valence-corrected chi connectivity index (χ0v) is 10.7. The van der Waals surface area contributed by atoms with Crippen LogP contribution < -0.4 is 10.5 Å². The fourth-order valence-electron chi connectivity index (χ4n) is 1.86. The van der Waals surface area contributed by atoms with Gasteiger partial charge in [-0.2, -0.15) is 0 Å². The number of aliphatic hydroxyl groups excluding tert-OH is 1. The van der Waals surface area contributed by atoms with Crippen LogP contribution in [0, 0.1) is 0 Å². The van der Waals surface area contributed by atoms with Crippen LogP contribution in [0.4, 0.5) is 4.79 Å². The summed E-state index contributed by atoms with van der Waals surface area (Å²) in [6.07, 6.45) is -0.0582. The van der Waals surface area contributed by atoms with Crippen LogP contribution in [0.15, 0.2) is 18.3 Å². The molecule has 0 saturated carbocycles. The van der Waals surface area contributed by atoms with Crippen LogP contribution in [0.2, 0.25) is 0 Å². The minimum absolute atomic E-state index is 0.136. The summed E-state index contributed by atoms with van der Waals surface area (Å²) in [6, 6.07) is 2.89. The van der Waals surface area contributed by atoms with Gasteiger partial charge in [-0.1, -0.05) is 0 Å². The van der Waals surface area contributed by atoms with Crippen molar-refractivity contribution in [2.75, 3.05) is 26.3 Å². The highest BCUT2D eigenvalue weighted by atomic mass is 16.5. The first kappa shape index (κ1) is 14.2. The number of aliphatic hydroxyl groups is 1. The molecule has 1 aromatic rings. The fraction of sp³-hybridized carbons (Fsp3) is 0.417. The maximum absolute atomic E-state index is 12.2. The molecule has 2 rings (SSSR count). The van der Waals surface area contributed by atoms with Gasteiger partial charge in [0.1, 0.15) is 5.69 Å². The number of hydrogen-bond acceptors (Lipinski definition) is 6. The SMILES string of the molecule is NC(=O)Oc1ccc(C(=O)N2CCO[C@H](CO)C2)nc1. The van der Waals surface area contributed by atoms with Gasteiger partial charge in [-0.05, 0) is 12.1 Å². The Morgan fingerprint density at radius 1 is 1.55 bits per heavy atom. The Morgan fingerprint density at radius 3 is 2.95 bits per heavy atom. The van der Waals surface area contributed by atoms with Crippen molar-refractivity contribution in [3.63, 3.8) is 0 Å². The van der Waals surface area contributed by atoms with Crippen molar-refractivity contribution in [2.45, 2.75) is 6.10 Å². The molecule has 1 fully saturated rings. The van der Waals surface area contributed by atoms with Crippen molar-refractivity contribution in [3.8, 4) is 5.75 Å². The van der Waals surface area contributed by atoms with E-state index in [1.165, 1.54) is 18.3 Å². The summed E-state index contributed by atoms with van der Waals surface area (Å²) in [7, 11) is 0. The minimum Gasteiger partial charge on any atom is -0.409 e. The molecule has 0 radical (unpaired) electrons. The molecule has 0 aliphatic carbocycles. The molecule has 0 bridgehead atoms. The molecule has 1 atom stereocenters. The summed E-state index contributed by atoms with van der Waals surface area (Å²) in [6.45, 7) is 0.996. The van der Waals surface area contributed by atoms with E-state index >= 15 is 0 Å². The van der Waals surface area contributed by atoms with Crippen LogP contribution in [-0.2, 0) is 4.74 Å². The number of ether oxygens (including phenoxy) is 2. The third-order valence-electron chi connectivity index (χ3n) is 2.80. The summed E-state index contributed by atoms with van der Waals surface area (Å²) in [5.74, 6) is -0.0957. The summed E-state index contributed by atoms with van der Waals surface area (Å²) in [4.78, 5) is 28.2. The molecule has 108 valence electrons. The Kier molecular flexibility index (Phi) is 4.49. The molecule has 1 aliphatic rings. The Balaban J connectivity index is 2.03. The number of hydrogen-bond donors (Lipinski definition) is 2. The van der Waals surface area contributed by atoms with Crippen LogP contribution in [0.1, 0.15) is 10.5 Å². The van der Waals surface area contributed by atoms with Crippen molar-refractivity contribution in [1.29, 1.82) is 0 Å². The lowest BCUT2D eigenvalue weighted by Crippen LogP contribution is -2.47. The summed E-state index contributed by atoms with van der Waals surface area (Å²) < 4.78 is 9.90. The van der Waals surface area contributed by atoms with Gasteiger partial charge < -0.3 is 25.2 Å². The quantitative estimate of drug-likeness (QED) is 0.762. The smallest absolute Gasteiger partial charge is 0.409 e. The molecule has 1 aromatic heterocycles. The van der Waals surface area contributed by atoms with Crippen molar-refractivity contribution in [3.05, 3.63) is 24.0 Å². The van der Waals surface area contributed by atoms with E-state index in [1.54, 1.807) is 4.90 Å².